The largest absolute Gasteiger partial charge is 0.496 e. The Balaban J connectivity index is 1.70. The van der Waals surface area contributed by atoms with Crippen molar-refractivity contribution in [1.29, 1.82) is 0 Å². The Morgan fingerprint density at radius 2 is 2.19 bits per heavy atom. The fourth-order valence-electron chi connectivity index (χ4n) is 2.24. The fourth-order valence-corrected chi connectivity index (χ4v) is 2.24. The summed E-state index contributed by atoms with van der Waals surface area (Å²) in [4.78, 5) is 4.34. The van der Waals surface area contributed by atoms with Crippen LogP contribution in [-0.2, 0) is 4.74 Å². The van der Waals surface area contributed by atoms with E-state index >= 15 is 0 Å². The molecule has 90 valence electrons. The van der Waals surface area contributed by atoms with Crippen molar-refractivity contribution >= 4 is 5.96 Å². The maximum atomic E-state index is 5.84. The van der Waals surface area contributed by atoms with E-state index in [9.17, 15) is 0 Å². The van der Waals surface area contributed by atoms with Gasteiger partial charge in [-0.1, -0.05) is 12.8 Å². The lowest BCUT2D eigenvalue weighted by Crippen LogP contribution is -2.39. The van der Waals surface area contributed by atoms with Crippen LogP contribution in [0.3, 0.4) is 0 Å². The quantitative estimate of drug-likeness (QED) is 0.563. The summed E-state index contributed by atoms with van der Waals surface area (Å²) in [7, 11) is 0. The van der Waals surface area contributed by atoms with Gasteiger partial charge in [0.2, 0.25) is 0 Å². The van der Waals surface area contributed by atoms with Crippen LogP contribution in [0.1, 0.15) is 38.5 Å². The molecule has 0 aromatic carbocycles. The van der Waals surface area contributed by atoms with Crippen LogP contribution < -0.4 is 11.1 Å². The molecule has 0 radical (unpaired) electrons. The first kappa shape index (κ1) is 11.3. The molecular formula is C12H21N3O. The molecule has 2 aliphatic rings. The van der Waals surface area contributed by atoms with Crippen molar-refractivity contribution < 1.29 is 4.74 Å². The average molecular weight is 223 g/mol. The average Bonchev–Trinajstić information content (AvgIpc) is 2.81. The zero-order chi connectivity index (χ0) is 11.2. The summed E-state index contributed by atoms with van der Waals surface area (Å²) in [6.45, 7) is 0.663. The number of hydrogen-bond acceptors (Lipinski definition) is 2. The molecule has 2 rings (SSSR count). The number of allylic oxidation sites excluding steroid dienone is 1. The summed E-state index contributed by atoms with van der Waals surface area (Å²) in [5, 5.41) is 3.27. The molecule has 0 aromatic rings. The molecule has 1 aliphatic carbocycles. The Morgan fingerprint density at radius 3 is 2.88 bits per heavy atom. The van der Waals surface area contributed by atoms with Crippen molar-refractivity contribution in [3.63, 3.8) is 0 Å². The van der Waals surface area contributed by atoms with Crippen molar-refractivity contribution in [2.24, 2.45) is 10.7 Å². The summed E-state index contributed by atoms with van der Waals surface area (Å²) in [6, 6.07) is 0.538. The lowest BCUT2D eigenvalue weighted by Gasteiger charge is -2.18. The summed E-state index contributed by atoms with van der Waals surface area (Å²) < 4.78 is 5.43. The minimum atomic E-state index is 0.203. The van der Waals surface area contributed by atoms with Gasteiger partial charge in [-0.2, -0.15) is 0 Å². The number of aliphatic imine (C=N–C) groups is 1. The van der Waals surface area contributed by atoms with Crippen molar-refractivity contribution in [2.45, 2.75) is 50.7 Å². The molecule has 4 heteroatoms. The van der Waals surface area contributed by atoms with Gasteiger partial charge in [0.25, 0.3) is 0 Å². The van der Waals surface area contributed by atoms with E-state index in [1.165, 1.54) is 25.7 Å². The Kier molecular flexibility index (Phi) is 4.08. The number of guanidine groups is 1. The Hall–Kier alpha value is -1.19. The highest BCUT2D eigenvalue weighted by molar-refractivity contribution is 5.78. The van der Waals surface area contributed by atoms with Crippen molar-refractivity contribution in [1.82, 2.24) is 5.32 Å². The van der Waals surface area contributed by atoms with Crippen LogP contribution in [0.5, 0.6) is 0 Å². The van der Waals surface area contributed by atoms with E-state index in [1.807, 2.05) is 6.08 Å². The number of nitrogens with zero attached hydrogens (tertiary/aromatic N) is 1. The smallest absolute Gasteiger partial charge is 0.188 e. The molecule has 1 unspecified atom stereocenters. The highest BCUT2D eigenvalue weighted by atomic mass is 16.5. The van der Waals surface area contributed by atoms with Crippen molar-refractivity contribution in [2.75, 3.05) is 6.54 Å². The molecule has 16 heavy (non-hydrogen) atoms. The number of nitrogens with two attached hydrogens (primary N) is 1. The third kappa shape index (κ3) is 3.43. The highest BCUT2D eigenvalue weighted by Gasteiger charge is 2.15. The minimum Gasteiger partial charge on any atom is -0.496 e. The zero-order valence-electron chi connectivity index (χ0n) is 9.69. The summed E-state index contributed by atoms with van der Waals surface area (Å²) in [5.74, 6) is 0.574. The molecule has 1 fully saturated rings. The van der Waals surface area contributed by atoms with E-state index in [0.717, 1.165) is 12.8 Å². The van der Waals surface area contributed by atoms with E-state index in [1.54, 1.807) is 6.26 Å². The van der Waals surface area contributed by atoms with E-state index in [-0.39, 0.29) is 6.10 Å². The molecule has 1 saturated carbocycles. The number of rotatable bonds is 3. The topological polar surface area (TPSA) is 59.6 Å². The zero-order valence-corrected chi connectivity index (χ0v) is 9.69. The van der Waals surface area contributed by atoms with Crippen LogP contribution in [0.15, 0.2) is 17.3 Å². The number of ether oxygens (including phenoxy) is 1. The maximum Gasteiger partial charge on any atom is 0.188 e. The normalized spacial score (nSPS) is 26.8. The lowest BCUT2D eigenvalue weighted by atomic mass is 10.2. The van der Waals surface area contributed by atoms with Gasteiger partial charge in [-0.25, -0.2) is 4.99 Å². The number of hydrogen-bond donors (Lipinski definition) is 2. The van der Waals surface area contributed by atoms with Crippen LogP contribution in [0.4, 0.5) is 0 Å². The Morgan fingerprint density at radius 1 is 1.38 bits per heavy atom. The molecule has 0 spiro atoms. The van der Waals surface area contributed by atoms with Gasteiger partial charge in [0.1, 0.15) is 6.10 Å². The fraction of sp³-hybridized carbons (Fsp3) is 0.750. The molecule has 0 saturated heterocycles. The molecule has 1 atom stereocenters. The highest BCUT2D eigenvalue weighted by Crippen LogP contribution is 2.17. The van der Waals surface area contributed by atoms with Crippen LogP contribution in [0, 0.1) is 0 Å². The maximum absolute atomic E-state index is 5.84. The predicted molar refractivity (Wildman–Crippen MR) is 65.1 cm³/mol. The van der Waals surface area contributed by atoms with Gasteiger partial charge in [0.05, 0.1) is 12.8 Å². The van der Waals surface area contributed by atoms with Gasteiger partial charge in [-0.3, -0.25) is 0 Å². The number of nitrogens with one attached hydrogen (secondary N) is 1. The van der Waals surface area contributed by atoms with Crippen LogP contribution in [0.2, 0.25) is 0 Å². The molecule has 0 bridgehead atoms. The third-order valence-electron chi connectivity index (χ3n) is 3.19. The van der Waals surface area contributed by atoms with Gasteiger partial charge in [-0.05, 0) is 31.8 Å². The molecule has 0 amide bonds. The predicted octanol–water partition coefficient (Wildman–Crippen LogP) is 1.53. The molecule has 1 aliphatic heterocycles. The van der Waals surface area contributed by atoms with Crippen molar-refractivity contribution in [3.05, 3.63) is 12.3 Å². The summed E-state index contributed by atoms with van der Waals surface area (Å²) >= 11 is 0. The Labute approximate surface area is 97.0 Å². The summed E-state index contributed by atoms with van der Waals surface area (Å²) in [5.41, 5.74) is 5.84. The molecular weight excluding hydrogens is 202 g/mol. The second-order valence-electron chi connectivity index (χ2n) is 4.56. The van der Waals surface area contributed by atoms with Crippen LogP contribution in [-0.4, -0.2) is 24.7 Å². The monoisotopic (exact) mass is 223 g/mol. The van der Waals surface area contributed by atoms with E-state index in [4.69, 9.17) is 10.5 Å². The standard InChI is InChI=1S/C12H21N3O/c13-12(15-10-5-1-2-6-10)14-9-11-7-3-4-8-16-11/h4,8,10-11H,1-3,5-7,9H2,(H3,13,14,15). The molecule has 4 nitrogen and oxygen atoms in total. The molecule has 3 N–H and O–H groups in total. The second-order valence-corrected chi connectivity index (χ2v) is 4.56. The third-order valence-corrected chi connectivity index (χ3v) is 3.19. The van der Waals surface area contributed by atoms with Crippen LogP contribution >= 0.6 is 0 Å². The van der Waals surface area contributed by atoms with Crippen molar-refractivity contribution in [3.8, 4) is 0 Å². The first-order valence-electron chi connectivity index (χ1n) is 6.21. The minimum absolute atomic E-state index is 0.203. The van der Waals surface area contributed by atoms with Crippen LogP contribution in [0.25, 0.3) is 0 Å². The van der Waals surface area contributed by atoms with E-state index < -0.39 is 0 Å². The van der Waals surface area contributed by atoms with Gasteiger partial charge in [0, 0.05) is 6.04 Å². The van der Waals surface area contributed by atoms with Gasteiger partial charge >= 0.3 is 0 Å². The lowest BCUT2D eigenvalue weighted by molar-refractivity contribution is 0.131. The summed E-state index contributed by atoms with van der Waals surface area (Å²) in [6.07, 6.45) is 11.2. The molecule has 0 aromatic heterocycles. The van der Waals surface area contributed by atoms with Gasteiger partial charge in [0.15, 0.2) is 5.96 Å². The Bertz CT molecular complexity index is 269. The SMILES string of the molecule is NC(=NCC1CCC=CO1)NC1CCCC1. The van der Waals surface area contributed by atoms with E-state index in [0.29, 0.717) is 18.5 Å². The van der Waals surface area contributed by atoms with Gasteiger partial charge in [-0.15, -0.1) is 0 Å². The second kappa shape index (κ2) is 5.77. The van der Waals surface area contributed by atoms with Gasteiger partial charge < -0.3 is 15.8 Å². The van der Waals surface area contributed by atoms with E-state index in [2.05, 4.69) is 10.3 Å². The molecule has 1 heterocycles. The first-order valence-corrected chi connectivity index (χ1v) is 6.21. The first-order chi connectivity index (χ1) is 7.84.